The maximum absolute atomic E-state index is 10.6. The van der Waals surface area contributed by atoms with E-state index in [0.717, 1.165) is 11.3 Å². The Morgan fingerprint density at radius 2 is 2.45 bits per heavy atom. The molecule has 11 heavy (non-hydrogen) atoms. The first-order valence-corrected chi connectivity index (χ1v) is 4.36. The molecule has 0 spiro atoms. The van der Waals surface area contributed by atoms with Crippen molar-refractivity contribution < 1.29 is 4.79 Å². The van der Waals surface area contributed by atoms with E-state index in [1.54, 1.807) is 6.92 Å². The van der Waals surface area contributed by atoms with Gasteiger partial charge < -0.3 is 0 Å². The van der Waals surface area contributed by atoms with Crippen molar-refractivity contribution in [1.29, 1.82) is 0 Å². The minimum Gasteiger partial charge on any atom is -0.288 e. The van der Waals surface area contributed by atoms with Crippen molar-refractivity contribution in [2.45, 2.75) is 12.7 Å². The normalized spacial score (nSPS) is 9.55. The largest absolute Gasteiger partial charge is 0.288 e. The molecular formula is C9H9OS. The van der Waals surface area contributed by atoms with Gasteiger partial charge in [-0.2, -0.15) is 0 Å². The smallest absolute Gasteiger partial charge is 0.186 e. The number of hydrogen-bond donors (Lipinski definition) is 0. The zero-order valence-corrected chi connectivity index (χ0v) is 7.15. The Labute approximate surface area is 70.8 Å². The van der Waals surface area contributed by atoms with Crippen LogP contribution in [0.5, 0.6) is 0 Å². The van der Waals surface area contributed by atoms with Gasteiger partial charge in [-0.1, -0.05) is 36.0 Å². The molecule has 0 unspecified atom stereocenters. The van der Waals surface area contributed by atoms with E-state index in [0.29, 0.717) is 0 Å². The van der Waals surface area contributed by atoms with Gasteiger partial charge in [0, 0.05) is 12.7 Å². The van der Waals surface area contributed by atoms with E-state index < -0.39 is 0 Å². The van der Waals surface area contributed by atoms with E-state index >= 15 is 0 Å². The summed E-state index contributed by atoms with van der Waals surface area (Å²) in [4.78, 5) is 10.6. The predicted octanol–water partition coefficient (Wildman–Crippen LogP) is 2.27. The fourth-order valence-electron chi connectivity index (χ4n) is 0.700. The van der Waals surface area contributed by atoms with Crippen LogP contribution in [0.4, 0.5) is 0 Å². The Balaban J connectivity index is 2.45. The first kappa shape index (κ1) is 8.34. The van der Waals surface area contributed by atoms with Gasteiger partial charge in [0.05, 0.1) is 0 Å². The summed E-state index contributed by atoms with van der Waals surface area (Å²) < 4.78 is 0. The lowest BCUT2D eigenvalue weighted by atomic mass is 10.2. The number of benzene rings is 1. The maximum Gasteiger partial charge on any atom is 0.186 e. The highest BCUT2D eigenvalue weighted by Crippen LogP contribution is 2.10. The first-order valence-electron chi connectivity index (χ1n) is 3.38. The summed E-state index contributed by atoms with van der Waals surface area (Å²) in [5.41, 5.74) is 1.08. The van der Waals surface area contributed by atoms with Crippen LogP contribution in [-0.4, -0.2) is 5.12 Å². The van der Waals surface area contributed by atoms with Crippen LogP contribution >= 0.6 is 11.8 Å². The maximum atomic E-state index is 10.6. The molecule has 0 aliphatic rings. The summed E-state index contributed by atoms with van der Waals surface area (Å²) in [6, 6.07) is 10.7. The molecule has 0 fully saturated rings. The van der Waals surface area contributed by atoms with Gasteiger partial charge in [-0.25, -0.2) is 0 Å². The molecule has 0 aliphatic heterocycles. The molecule has 0 aliphatic carbocycles. The number of hydrogen-bond acceptors (Lipinski definition) is 2. The highest BCUT2D eigenvalue weighted by atomic mass is 32.2. The Kier molecular flexibility index (Phi) is 3.17. The second-order valence-corrected chi connectivity index (χ2v) is 3.32. The van der Waals surface area contributed by atoms with Crippen LogP contribution in [0.15, 0.2) is 24.3 Å². The Morgan fingerprint density at radius 3 is 3.00 bits per heavy atom. The topological polar surface area (TPSA) is 17.1 Å². The van der Waals surface area contributed by atoms with Crippen LogP contribution < -0.4 is 0 Å². The molecule has 57 valence electrons. The van der Waals surface area contributed by atoms with Crippen LogP contribution in [0.3, 0.4) is 0 Å². The molecular weight excluding hydrogens is 156 g/mol. The molecule has 0 heterocycles. The predicted molar refractivity (Wildman–Crippen MR) is 47.3 cm³/mol. The number of carbonyl (C=O) groups is 1. The van der Waals surface area contributed by atoms with Crippen LogP contribution in [0, 0.1) is 6.07 Å². The second kappa shape index (κ2) is 4.19. The summed E-state index contributed by atoms with van der Waals surface area (Å²) in [6.07, 6.45) is 0. The minimum atomic E-state index is 0.155. The summed E-state index contributed by atoms with van der Waals surface area (Å²) in [5.74, 6) is 0.732. The van der Waals surface area contributed by atoms with Gasteiger partial charge in [0.25, 0.3) is 0 Å². The zero-order valence-electron chi connectivity index (χ0n) is 6.33. The first-order chi connectivity index (χ1) is 5.29. The van der Waals surface area contributed by atoms with E-state index in [9.17, 15) is 4.79 Å². The molecule has 0 amide bonds. The Hall–Kier alpha value is -0.760. The summed E-state index contributed by atoms with van der Waals surface area (Å²) >= 11 is 1.31. The van der Waals surface area contributed by atoms with Gasteiger partial charge in [0.1, 0.15) is 0 Å². The number of thioether (sulfide) groups is 1. The number of rotatable bonds is 2. The Bertz CT molecular complexity index is 231. The van der Waals surface area contributed by atoms with E-state index in [1.807, 2.05) is 24.3 Å². The molecule has 0 bridgehead atoms. The van der Waals surface area contributed by atoms with Crippen molar-refractivity contribution in [1.82, 2.24) is 0 Å². The lowest BCUT2D eigenvalue weighted by molar-refractivity contribution is -0.109. The standard InChI is InChI=1S/C9H9OS/c1-8(10)11-7-9-5-3-2-4-6-9/h2-5H,7H2,1H3. The van der Waals surface area contributed by atoms with Gasteiger partial charge >= 0.3 is 0 Å². The minimum absolute atomic E-state index is 0.155. The van der Waals surface area contributed by atoms with E-state index in [2.05, 4.69) is 6.07 Å². The van der Waals surface area contributed by atoms with Crippen molar-refractivity contribution in [2.24, 2.45) is 0 Å². The molecule has 0 saturated heterocycles. The van der Waals surface area contributed by atoms with Gasteiger partial charge in [-0.3, -0.25) is 4.79 Å². The molecule has 1 nitrogen and oxygen atoms in total. The molecule has 0 saturated carbocycles. The quantitative estimate of drug-likeness (QED) is 0.668. The third kappa shape index (κ3) is 3.23. The van der Waals surface area contributed by atoms with Gasteiger partial charge in [-0.05, 0) is 11.6 Å². The van der Waals surface area contributed by atoms with Gasteiger partial charge in [0.2, 0.25) is 0 Å². The average Bonchev–Trinajstić information content (AvgIpc) is 2.03. The van der Waals surface area contributed by atoms with E-state index in [-0.39, 0.29) is 5.12 Å². The van der Waals surface area contributed by atoms with Gasteiger partial charge in [-0.15, -0.1) is 0 Å². The van der Waals surface area contributed by atoms with Crippen LogP contribution in [0.25, 0.3) is 0 Å². The lowest BCUT2D eigenvalue weighted by Crippen LogP contribution is -1.84. The summed E-state index contributed by atoms with van der Waals surface area (Å²) in [7, 11) is 0. The van der Waals surface area contributed by atoms with Crippen molar-refractivity contribution >= 4 is 16.9 Å². The van der Waals surface area contributed by atoms with Gasteiger partial charge in [0.15, 0.2) is 5.12 Å². The van der Waals surface area contributed by atoms with Crippen molar-refractivity contribution in [2.75, 3.05) is 0 Å². The lowest BCUT2D eigenvalue weighted by Gasteiger charge is -1.95. The molecule has 1 radical (unpaired) electrons. The van der Waals surface area contributed by atoms with Crippen molar-refractivity contribution in [3.8, 4) is 0 Å². The summed E-state index contributed by atoms with van der Waals surface area (Å²) in [5, 5.41) is 0.155. The van der Waals surface area contributed by atoms with E-state index in [4.69, 9.17) is 0 Å². The van der Waals surface area contributed by atoms with Crippen molar-refractivity contribution in [3.05, 3.63) is 35.9 Å². The molecule has 0 aromatic heterocycles. The molecule has 0 atom stereocenters. The monoisotopic (exact) mass is 165 g/mol. The highest BCUT2D eigenvalue weighted by molar-refractivity contribution is 8.12. The zero-order chi connectivity index (χ0) is 8.10. The van der Waals surface area contributed by atoms with E-state index in [1.165, 1.54) is 11.8 Å². The summed E-state index contributed by atoms with van der Waals surface area (Å²) in [6.45, 7) is 1.58. The van der Waals surface area contributed by atoms with Crippen LogP contribution in [0.2, 0.25) is 0 Å². The average molecular weight is 165 g/mol. The second-order valence-electron chi connectivity index (χ2n) is 2.17. The fourth-order valence-corrected chi connectivity index (χ4v) is 1.24. The van der Waals surface area contributed by atoms with Crippen LogP contribution in [-0.2, 0) is 10.5 Å². The molecule has 1 aromatic carbocycles. The van der Waals surface area contributed by atoms with Crippen molar-refractivity contribution in [3.63, 3.8) is 0 Å². The molecule has 1 aromatic rings. The third-order valence-electron chi connectivity index (χ3n) is 1.20. The molecule has 1 rings (SSSR count). The Morgan fingerprint density at radius 1 is 1.64 bits per heavy atom. The highest BCUT2D eigenvalue weighted by Gasteiger charge is 1.94. The molecule has 2 heteroatoms. The fraction of sp³-hybridized carbons (Fsp3) is 0.222. The van der Waals surface area contributed by atoms with Crippen LogP contribution in [0.1, 0.15) is 12.5 Å². The molecule has 0 N–H and O–H groups in total. The number of carbonyl (C=O) groups excluding carboxylic acids is 1. The third-order valence-corrected chi connectivity index (χ3v) is 2.07. The SMILES string of the molecule is CC(=O)SCc1[c]cccc1.